The van der Waals surface area contributed by atoms with E-state index in [-0.39, 0.29) is 0 Å². The molecule has 1 aromatic heterocycles. The molecule has 0 radical (unpaired) electrons. The molecule has 1 aromatic rings. The lowest BCUT2D eigenvalue weighted by Gasteiger charge is -2.24. The second kappa shape index (κ2) is 5.67. The van der Waals surface area contributed by atoms with Gasteiger partial charge in [-0.05, 0) is 24.8 Å². The molecule has 3 heteroatoms. The van der Waals surface area contributed by atoms with Gasteiger partial charge in [-0.1, -0.05) is 26.2 Å². The van der Waals surface area contributed by atoms with Crippen LogP contribution in [-0.4, -0.2) is 11.0 Å². The van der Waals surface area contributed by atoms with Gasteiger partial charge in [0.2, 0.25) is 0 Å². The average Bonchev–Trinajstić information content (AvgIpc) is 2.56. The van der Waals surface area contributed by atoms with Crippen LogP contribution in [0.2, 0.25) is 0 Å². The van der Waals surface area contributed by atoms with E-state index in [9.17, 15) is 0 Å². The van der Waals surface area contributed by atoms with Gasteiger partial charge in [-0.25, -0.2) is 0 Å². The van der Waals surface area contributed by atoms with E-state index in [4.69, 9.17) is 5.26 Å². The Kier molecular flexibility index (Phi) is 3.98. The largest absolute Gasteiger partial charge is 0.380 e. The fourth-order valence-electron chi connectivity index (χ4n) is 2.51. The van der Waals surface area contributed by atoms with E-state index in [0.29, 0.717) is 17.5 Å². The molecule has 1 fully saturated rings. The van der Waals surface area contributed by atoms with Crippen molar-refractivity contribution in [2.24, 2.45) is 5.92 Å². The first-order valence-electron chi connectivity index (χ1n) is 6.42. The summed E-state index contributed by atoms with van der Waals surface area (Å²) in [5.74, 6) is 0.671. The van der Waals surface area contributed by atoms with Gasteiger partial charge >= 0.3 is 0 Å². The summed E-state index contributed by atoms with van der Waals surface area (Å²) < 4.78 is 0. The Bertz CT molecular complexity index is 408. The highest BCUT2D eigenvalue weighted by molar-refractivity contribution is 5.55. The van der Waals surface area contributed by atoms with Gasteiger partial charge in [-0.3, -0.25) is 4.98 Å². The molecule has 1 aliphatic rings. The van der Waals surface area contributed by atoms with Gasteiger partial charge in [0.1, 0.15) is 6.07 Å². The predicted octanol–water partition coefficient (Wildman–Crippen LogP) is 3.33. The number of aromatic nitrogens is 1. The van der Waals surface area contributed by atoms with Crippen LogP contribution in [0.1, 0.15) is 44.6 Å². The van der Waals surface area contributed by atoms with E-state index >= 15 is 0 Å². The third-order valence-corrected chi connectivity index (χ3v) is 3.64. The van der Waals surface area contributed by atoms with E-state index in [1.165, 1.54) is 32.1 Å². The van der Waals surface area contributed by atoms with Gasteiger partial charge in [0.05, 0.1) is 17.4 Å². The van der Waals surface area contributed by atoms with Crippen LogP contribution in [0, 0.1) is 17.2 Å². The van der Waals surface area contributed by atoms with Crippen LogP contribution in [0.25, 0.3) is 0 Å². The van der Waals surface area contributed by atoms with Crippen LogP contribution in [0.15, 0.2) is 18.5 Å². The minimum absolute atomic E-state index is 0.480. The number of pyridine rings is 1. The quantitative estimate of drug-likeness (QED) is 0.791. The minimum Gasteiger partial charge on any atom is -0.380 e. The van der Waals surface area contributed by atoms with Crippen molar-refractivity contribution in [2.75, 3.05) is 5.32 Å². The number of hydrogen-bond donors (Lipinski definition) is 1. The van der Waals surface area contributed by atoms with E-state index in [2.05, 4.69) is 23.3 Å². The molecule has 0 aliphatic heterocycles. The molecule has 1 aliphatic carbocycles. The summed E-state index contributed by atoms with van der Waals surface area (Å²) in [6.45, 7) is 2.30. The average molecular weight is 229 g/mol. The third kappa shape index (κ3) is 2.97. The van der Waals surface area contributed by atoms with Gasteiger partial charge in [0.15, 0.2) is 0 Å². The van der Waals surface area contributed by atoms with Gasteiger partial charge in [-0.2, -0.15) is 5.26 Å². The van der Waals surface area contributed by atoms with Crippen molar-refractivity contribution in [3.05, 3.63) is 24.0 Å². The Morgan fingerprint density at radius 3 is 3.00 bits per heavy atom. The van der Waals surface area contributed by atoms with Gasteiger partial charge < -0.3 is 5.32 Å². The highest BCUT2D eigenvalue weighted by Crippen LogP contribution is 2.26. The number of nitriles is 1. The molecule has 1 saturated carbocycles. The van der Waals surface area contributed by atoms with Crippen LogP contribution in [0.4, 0.5) is 5.69 Å². The van der Waals surface area contributed by atoms with E-state index < -0.39 is 0 Å². The highest BCUT2D eigenvalue weighted by atomic mass is 14.9. The maximum Gasteiger partial charge on any atom is 0.101 e. The van der Waals surface area contributed by atoms with Crippen molar-refractivity contribution in [1.82, 2.24) is 4.98 Å². The molecule has 17 heavy (non-hydrogen) atoms. The summed E-state index contributed by atoms with van der Waals surface area (Å²) >= 11 is 0. The molecule has 2 atom stereocenters. The zero-order chi connectivity index (χ0) is 12.1. The molecule has 0 amide bonds. The summed E-state index contributed by atoms with van der Waals surface area (Å²) in [6.07, 6.45) is 9.85. The lowest BCUT2D eigenvalue weighted by atomic mass is 9.96. The van der Waals surface area contributed by atoms with Crippen molar-refractivity contribution in [3.8, 4) is 6.07 Å². The maximum atomic E-state index is 9.05. The summed E-state index contributed by atoms with van der Waals surface area (Å²) in [4.78, 5) is 4.09. The predicted molar refractivity (Wildman–Crippen MR) is 68.6 cm³/mol. The Balaban J connectivity index is 2.11. The SMILES string of the molecule is CC1CCCCCC1Nc1cnccc1C#N. The van der Waals surface area contributed by atoms with Crippen molar-refractivity contribution in [2.45, 2.75) is 45.1 Å². The highest BCUT2D eigenvalue weighted by Gasteiger charge is 2.20. The molecule has 0 saturated heterocycles. The normalized spacial score (nSPS) is 24.7. The van der Waals surface area contributed by atoms with Crippen molar-refractivity contribution in [1.29, 1.82) is 5.26 Å². The van der Waals surface area contributed by atoms with Crippen molar-refractivity contribution in [3.63, 3.8) is 0 Å². The Labute approximate surface area is 103 Å². The first-order valence-corrected chi connectivity index (χ1v) is 6.42. The molecule has 3 nitrogen and oxygen atoms in total. The van der Waals surface area contributed by atoms with Crippen LogP contribution >= 0.6 is 0 Å². The molecule has 0 aromatic carbocycles. The second-order valence-electron chi connectivity index (χ2n) is 4.90. The number of hydrogen-bond acceptors (Lipinski definition) is 3. The summed E-state index contributed by atoms with van der Waals surface area (Å²) in [5.41, 5.74) is 1.57. The maximum absolute atomic E-state index is 9.05. The first kappa shape index (κ1) is 11.9. The Morgan fingerprint density at radius 2 is 2.18 bits per heavy atom. The molecule has 2 unspecified atom stereocenters. The zero-order valence-corrected chi connectivity index (χ0v) is 10.3. The first-order chi connectivity index (χ1) is 8.31. The number of rotatable bonds is 2. The molecular formula is C14H19N3. The molecule has 1 heterocycles. The standard InChI is InChI=1S/C14H19N3/c1-11-5-3-2-4-6-13(11)17-14-10-16-8-7-12(14)9-15/h7-8,10-11,13,17H,2-6H2,1H3. The minimum atomic E-state index is 0.480. The van der Waals surface area contributed by atoms with E-state index in [1.807, 2.05) is 0 Å². The molecule has 0 bridgehead atoms. The second-order valence-corrected chi connectivity index (χ2v) is 4.90. The summed E-state index contributed by atoms with van der Waals surface area (Å²) in [6, 6.07) is 4.46. The van der Waals surface area contributed by atoms with Gasteiger partial charge in [0.25, 0.3) is 0 Å². The molecule has 0 spiro atoms. The summed E-state index contributed by atoms with van der Waals surface area (Å²) in [5, 5.41) is 12.6. The number of nitrogens with zero attached hydrogens (tertiary/aromatic N) is 2. The smallest absolute Gasteiger partial charge is 0.101 e. The van der Waals surface area contributed by atoms with Crippen LogP contribution in [0.3, 0.4) is 0 Å². The molecule has 90 valence electrons. The fourth-order valence-corrected chi connectivity index (χ4v) is 2.51. The topological polar surface area (TPSA) is 48.7 Å². The van der Waals surface area contributed by atoms with Crippen molar-refractivity contribution < 1.29 is 0 Å². The van der Waals surface area contributed by atoms with Crippen LogP contribution < -0.4 is 5.32 Å². The monoisotopic (exact) mass is 229 g/mol. The van der Waals surface area contributed by atoms with E-state index in [1.54, 1.807) is 18.5 Å². The van der Waals surface area contributed by atoms with Gasteiger partial charge in [-0.15, -0.1) is 0 Å². The molecule has 1 N–H and O–H groups in total. The fraction of sp³-hybridized carbons (Fsp3) is 0.571. The van der Waals surface area contributed by atoms with Crippen LogP contribution in [0.5, 0.6) is 0 Å². The van der Waals surface area contributed by atoms with Gasteiger partial charge in [0, 0.05) is 12.2 Å². The number of anilines is 1. The Hall–Kier alpha value is -1.56. The Morgan fingerprint density at radius 1 is 1.35 bits per heavy atom. The van der Waals surface area contributed by atoms with Crippen LogP contribution in [-0.2, 0) is 0 Å². The lowest BCUT2D eigenvalue weighted by Crippen LogP contribution is -2.26. The third-order valence-electron chi connectivity index (χ3n) is 3.64. The number of nitrogens with one attached hydrogen (secondary N) is 1. The van der Waals surface area contributed by atoms with E-state index in [0.717, 1.165) is 5.69 Å². The molecular weight excluding hydrogens is 210 g/mol. The molecule has 2 rings (SSSR count). The van der Waals surface area contributed by atoms with Crippen molar-refractivity contribution >= 4 is 5.69 Å². The summed E-state index contributed by atoms with van der Waals surface area (Å²) in [7, 11) is 0. The lowest BCUT2D eigenvalue weighted by molar-refractivity contribution is 0.456. The zero-order valence-electron chi connectivity index (χ0n) is 10.3.